The molecule has 0 N–H and O–H groups in total. The molecule has 0 unspecified atom stereocenters. The van der Waals surface area contributed by atoms with Gasteiger partial charge in [0.15, 0.2) is 5.01 Å². The Kier molecular flexibility index (Phi) is 5.80. The molecule has 136 valence electrons. The summed E-state index contributed by atoms with van der Waals surface area (Å²) in [4.78, 5) is 20.7. The van der Waals surface area contributed by atoms with E-state index in [9.17, 15) is 8.78 Å². The van der Waals surface area contributed by atoms with Crippen LogP contribution in [0, 0.1) is 11.3 Å². The van der Waals surface area contributed by atoms with E-state index in [1.54, 1.807) is 0 Å². The van der Waals surface area contributed by atoms with Gasteiger partial charge in [-0.15, -0.1) is 21.5 Å². The summed E-state index contributed by atoms with van der Waals surface area (Å²) in [5, 5.41) is 10.6. The van der Waals surface area contributed by atoms with E-state index < -0.39 is 5.92 Å². The molecule has 6 nitrogen and oxygen atoms in total. The van der Waals surface area contributed by atoms with Crippen LogP contribution in [-0.2, 0) is 22.4 Å². The minimum atomic E-state index is -2.47. The molecular formula is C16H19F2N3O3S. The van der Waals surface area contributed by atoms with Crippen molar-refractivity contribution in [2.75, 3.05) is 0 Å². The fraction of sp³-hybridized carbons (Fsp3) is 0.625. The zero-order valence-corrected chi connectivity index (χ0v) is 15.0. The van der Waals surface area contributed by atoms with Crippen molar-refractivity contribution in [2.24, 2.45) is 11.3 Å². The van der Waals surface area contributed by atoms with Crippen molar-refractivity contribution in [3.05, 3.63) is 17.0 Å². The van der Waals surface area contributed by atoms with Crippen LogP contribution in [0.25, 0.3) is 10.9 Å². The Morgan fingerprint density at radius 3 is 2.52 bits per heavy atom. The fourth-order valence-electron chi connectivity index (χ4n) is 2.59. The van der Waals surface area contributed by atoms with Crippen LogP contribution >= 0.6 is 11.3 Å². The summed E-state index contributed by atoms with van der Waals surface area (Å²) in [6.45, 7) is 6.31. The van der Waals surface area contributed by atoms with Gasteiger partial charge in [0.2, 0.25) is 11.8 Å². The number of aromatic nitrogens is 3. The molecule has 2 heterocycles. The van der Waals surface area contributed by atoms with Crippen molar-refractivity contribution < 1.29 is 22.8 Å². The molecule has 0 bridgehead atoms. The molecule has 1 fully saturated rings. The lowest BCUT2D eigenvalue weighted by Crippen LogP contribution is -2.36. The van der Waals surface area contributed by atoms with Crippen LogP contribution in [0.15, 0.2) is 9.80 Å². The van der Waals surface area contributed by atoms with Gasteiger partial charge in [-0.3, -0.25) is 0 Å². The Labute approximate surface area is 147 Å². The molecule has 2 aromatic rings. The normalized spacial score (nSPS) is 16.5. The quantitative estimate of drug-likeness (QED) is 0.813. The van der Waals surface area contributed by atoms with Crippen LogP contribution in [0.1, 0.15) is 45.2 Å². The van der Waals surface area contributed by atoms with Crippen LogP contribution in [-0.4, -0.2) is 27.3 Å². The van der Waals surface area contributed by atoms with E-state index in [4.69, 9.17) is 14.0 Å². The van der Waals surface area contributed by atoms with Gasteiger partial charge in [-0.05, 0) is 17.8 Å². The van der Waals surface area contributed by atoms with E-state index in [0.717, 1.165) is 5.69 Å². The van der Waals surface area contributed by atoms with Gasteiger partial charge in [-0.25, -0.2) is 13.8 Å². The monoisotopic (exact) mass is 371 g/mol. The maximum atomic E-state index is 12.8. The Morgan fingerprint density at radius 2 is 1.96 bits per heavy atom. The second-order valence-electron chi connectivity index (χ2n) is 7.30. The maximum absolute atomic E-state index is 12.8. The standard InChI is InChI=1S/C15H19F2N3OS.CO2/c1-14(2,3)7-11-19-20-12(21-11)13-18-10(8-22-13)4-9-5-15(16,17)6-9;2-1-3/h8-9H,4-7H2,1-3H3;. The van der Waals surface area contributed by atoms with Crippen LogP contribution in [0.5, 0.6) is 0 Å². The van der Waals surface area contributed by atoms with Gasteiger partial charge >= 0.3 is 6.15 Å². The predicted molar refractivity (Wildman–Crippen MR) is 84.9 cm³/mol. The first-order valence-electron chi connectivity index (χ1n) is 7.76. The number of hydrogen-bond acceptors (Lipinski definition) is 7. The highest BCUT2D eigenvalue weighted by molar-refractivity contribution is 7.13. The predicted octanol–water partition coefficient (Wildman–Crippen LogP) is 3.79. The Balaban J connectivity index is 0.000000701. The number of halogens is 2. The molecule has 1 saturated carbocycles. The van der Waals surface area contributed by atoms with Gasteiger partial charge in [0, 0.05) is 24.6 Å². The lowest BCUT2D eigenvalue weighted by Gasteiger charge is -2.34. The highest BCUT2D eigenvalue weighted by Crippen LogP contribution is 2.44. The average molecular weight is 371 g/mol. The largest absolute Gasteiger partial charge is 0.419 e. The number of hydrogen-bond donors (Lipinski definition) is 0. The molecule has 1 aliphatic carbocycles. The third kappa shape index (κ3) is 5.79. The van der Waals surface area contributed by atoms with Crippen molar-refractivity contribution in [1.29, 1.82) is 0 Å². The molecule has 1 aliphatic rings. The molecule has 3 rings (SSSR count). The lowest BCUT2D eigenvalue weighted by atomic mass is 9.79. The average Bonchev–Trinajstić information content (AvgIpc) is 3.05. The first kappa shape index (κ1) is 19.3. The Hall–Kier alpha value is -1.99. The minimum absolute atomic E-state index is 0.0316. The zero-order chi connectivity index (χ0) is 18.7. The Bertz CT molecular complexity index is 738. The number of rotatable bonds is 4. The summed E-state index contributed by atoms with van der Waals surface area (Å²) in [6, 6.07) is 0. The second kappa shape index (κ2) is 7.49. The van der Waals surface area contributed by atoms with Crippen molar-refractivity contribution in [3.8, 4) is 10.9 Å². The highest BCUT2D eigenvalue weighted by atomic mass is 32.1. The third-order valence-corrected chi connectivity index (χ3v) is 4.43. The molecule has 0 spiro atoms. The number of alkyl halides is 2. The number of thiazole rings is 1. The first-order valence-corrected chi connectivity index (χ1v) is 8.64. The van der Waals surface area contributed by atoms with Crippen LogP contribution < -0.4 is 0 Å². The molecule has 0 aliphatic heterocycles. The second-order valence-corrected chi connectivity index (χ2v) is 8.16. The van der Waals surface area contributed by atoms with Crippen molar-refractivity contribution in [2.45, 2.75) is 52.4 Å². The van der Waals surface area contributed by atoms with E-state index in [2.05, 4.69) is 36.0 Å². The Morgan fingerprint density at radius 1 is 1.32 bits per heavy atom. The summed E-state index contributed by atoms with van der Waals surface area (Å²) in [7, 11) is 0. The fourth-order valence-corrected chi connectivity index (χ4v) is 3.34. The van der Waals surface area contributed by atoms with E-state index in [0.29, 0.717) is 29.6 Å². The van der Waals surface area contributed by atoms with Crippen LogP contribution in [0.3, 0.4) is 0 Å². The summed E-state index contributed by atoms with van der Waals surface area (Å²) in [6.07, 6.45) is 1.48. The first-order chi connectivity index (χ1) is 11.6. The SMILES string of the molecule is CC(C)(C)Cc1nnc(-c2nc(CC3CC(F)(F)C3)cs2)o1.O=C=O. The summed E-state index contributed by atoms with van der Waals surface area (Å²) >= 11 is 1.42. The molecule has 0 saturated heterocycles. The molecule has 9 heteroatoms. The van der Waals surface area contributed by atoms with Gasteiger partial charge < -0.3 is 4.42 Å². The van der Waals surface area contributed by atoms with Crippen molar-refractivity contribution in [3.63, 3.8) is 0 Å². The molecule has 0 radical (unpaired) electrons. The molecule has 0 atom stereocenters. The van der Waals surface area contributed by atoms with E-state index in [-0.39, 0.29) is 30.3 Å². The van der Waals surface area contributed by atoms with Gasteiger partial charge in [-0.1, -0.05) is 20.8 Å². The van der Waals surface area contributed by atoms with Crippen molar-refractivity contribution >= 4 is 17.5 Å². The molecule has 25 heavy (non-hydrogen) atoms. The van der Waals surface area contributed by atoms with E-state index in [1.165, 1.54) is 11.3 Å². The topological polar surface area (TPSA) is 85.9 Å². The van der Waals surface area contributed by atoms with E-state index in [1.807, 2.05) is 5.38 Å². The van der Waals surface area contributed by atoms with Crippen LogP contribution in [0.2, 0.25) is 0 Å². The zero-order valence-electron chi connectivity index (χ0n) is 14.2. The smallest absolute Gasteiger partial charge is 0.373 e. The van der Waals surface area contributed by atoms with Gasteiger partial charge in [0.1, 0.15) is 0 Å². The van der Waals surface area contributed by atoms with Crippen LogP contribution in [0.4, 0.5) is 8.78 Å². The molecule has 2 aromatic heterocycles. The number of carbonyl (C=O) groups excluding carboxylic acids is 2. The minimum Gasteiger partial charge on any atom is -0.419 e. The maximum Gasteiger partial charge on any atom is 0.373 e. The van der Waals surface area contributed by atoms with Crippen molar-refractivity contribution in [1.82, 2.24) is 15.2 Å². The third-order valence-electron chi connectivity index (χ3n) is 3.56. The lowest BCUT2D eigenvalue weighted by molar-refractivity contribution is -0.191. The summed E-state index contributed by atoms with van der Waals surface area (Å²) in [5.74, 6) is -1.44. The highest BCUT2D eigenvalue weighted by Gasteiger charge is 2.45. The molecular weight excluding hydrogens is 352 g/mol. The van der Waals surface area contributed by atoms with Gasteiger partial charge in [0.25, 0.3) is 5.89 Å². The summed E-state index contributed by atoms with van der Waals surface area (Å²) < 4.78 is 31.3. The molecule has 0 aromatic carbocycles. The molecule has 0 amide bonds. The van der Waals surface area contributed by atoms with Gasteiger partial charge in [0.05, 0.1) is 5.69 Å². The summed E-state index contributed by atoms with van der Waals surface area (Å²) in [5.41, 5.74) is 0.906. The number of nitrogens with zero attached hydrogens (tertiary/aromatic N) is 3. The van der Waals surface area contributed by atoms with Gasteiger partial charge in [-0.2, -0.15) is 9.59 Å². The van der Waals surface area contributed by atoms with E-state index >= 15 is 0 Å².